The minimum absolute atomic E-state index is 0.269. The second kappa shape index (κ2) is 7.87. The molecule has 5 heteroatoms. The largest absolute Gasteiger partial charge is 0.436 e. The summed E-state index contributed by atoms with van der Waals surface area (Å²) in [5.74, 6) is 0.196. The molecule has 0 bridgehead atoms. The highest BCUT2D eigenvalue weighted by molar-refractivity contribution is 6.04. The highest BCUT2D eigenvalue weighted by Crippen LogP contribution is 2.28. The zero-order chi connectivity index (χ0) is 20.4. The highest BCUT2D eigenvalue weighted by atomic mass is 19.1. The fraction of sp³-hybridized carbons (Fsp3) is 0.167. The van der Waals surface area contributed by atoms with E-state index >= 15 is 0 Å². The Bertz CT molecular complexity index is 1170. The summed E-state index contributed by atoms with van der Waals surface area (Å²) in [7, 11) is 0. The van der Waals surface area contributed by atoms with Crippen LogP contribution in [0.3, 0.4) is 0 Å². The Morgan fingerprint density at radius 2 is 1.90 bits per heavy atom. The van der Waals surface area contributed by atoms with E-state index in [0.717, 1.165) is 23.1 Å². The second-order valence-electron chi connectivity index (χ2n) is 7.10. The lowest BCUT2D eigenvalue weighted by molar-refractivity contribution is 0.102. The Hall–Kier alpha value is -3.47. The van der Waals surface area contributed by atoms with Gasteiger partial charge in [0.25, 0.3) is 5.91 Å². The van der Waals surface area contributed by atoms with E-state index in [1.807, 2.05) is 18.2 Å². The lowest BCUT2D eigenvalue weighted by Gasteiger charge is -2.07. The van der Waals surface area contributed by atoms with E-state index in [2.05, 4.69) is 36.3 Å². The summed E-state index contributed by atoms with van der Waals surface area (Å²) in [5.41, 5.74) is 4.52. The number of anilines is 1. The summed E-state index contributed by atoms with van der Waals surface area (Å²) in [4.78, 5) is 16.9. The Labute approximate surface area is 168 Å². The maximum atomic E-state index is 13.3. The number of amides is 1. The number of benzene rings is 3. The fourth-order valence-electron chi connectivity index (χ4n) is 3.14. The van der Waals surface area contributed by atoms with Gasteiger partial charge in [-0.2, -0.15) is 0 Å². The summed E-state index contributed by atoms with van der Waals surface area (Å²) < 4.78 is 19.2. The molecule has 0 fully saturated rings. The average Bonchev–Trinajstić information content (AvgIpc) is 3.17. The number of aromatic nitrogens is 1. The Balaban J connectivity index is 1.53. The van der Waals surface area contributed by atoms with Crippen LogP contribution in [0.4, 0.5) is 10.1 Å². The molecule has 3 aromatic carbocycles. The molecule has 4 aromatic rings. The molecule has 0 saturated heterocycles. The molecule has 146 valence electrons. The lowest BCUT2D eigenvalue weighted by atomic mass is 9.98. The van der Waals surface area contributed by atoms with E-state index in [4.69, 9.17) is 4.42 Å². The number of hydrogen-bond donors (Lipinski definition) is 1. The summed E-state index contributed by atoms with van der Waals surface area (Å²) >= 11 is 0. The van der Waals surface area contributed by atoms with Crippen molar-refractivity contribution in [1.82, 2.24) is 4.98 Å². The van der Waals surface area contributed by atoms with Gasteiger partial charge in [-0.3, -0.25) is 4.79 Å². The zero-order valence-corrected chi connectivity index (χ0v) is 16.3. The molecular formula is C24H21FN2O2. The highest BCUT2D eigenvalue weighted by Gasteiger charge is 2.12. The van der Waals surface area contributed by atoms with Gasteiger partial charge in [-0.05, 0) is 72.5 Å². The van der Waals surface area contributed by atoms with Crippen LogP contribution in [0.15, 0.2) is 71.1 Å². The van der Waals surface area contributed by atoms with Gasteiger partial charge in [0.05, 0.1) is 0 Å². The molecule has 4 rings (SSSR count). The topological polar surface area (TPSA) is 55.1 Å². The van der Waals surface area contributed by atoms with Gasteiger partial charge < -0.3 is 9.73 Å². The number of nitrogens with one attached hydrogen (secondary N) is 1. The van der Waals surface area contributed by atoms with Crippen molar-refractivity contribution >= 4 is 22.7 Å². The summed E-state index contributed by atoms with van der Waals surface area (Å²) in [5, 5.41) is 2.76. The van der Waals surface area contributed by atoms with Gasteiger partial charge in [0.2, 0.25) is 5.89 Å². The first kappa shape index (κ1) is 18.9. The van der Waals surface area contributed by atoms with Crippen molar-refractivity contribution < 1.29 is 13.6 Å². The van der Waals surface area contributed by atoms with E-state index in [9.17, 15) is 9.18 Å². The van der Waals surface area contributed by atoms with E-state index in [1.54, 1.807) is 18.2 Å². The maximum Gasteiger partial charge on any atom is 0.255 e. The van der Waals surface area contributed by atoms with E-state index in [0.29, 0.717) is 17.5 Å². The van der Waals surface area contributed by atoms with Crippen molar-refractivity contribution in [3.8, 4) is 11.5 Å². The monoisotopic (exact) mass is 388 g/mol. The fourth-order valence-corrected chi connectivity index (χ4v) is 3.14. The molecule has 0 radical (unpaired) electrons. The molecule has 0 saturated carbocycles. The van der Waals surface area contributed by atoms with E-state index < -0.39 is 5.82 Å². The third kappa shape index (κ3) is 4.04. The number of carbonyl (C=O) groups excluding carboxylic acids is 1. The van der Waals surface area contributed by atoms with Crippen molar-refractivity contribution in [1.29, 1.82) is 0 Å². The van der Waals surface area contributed by atoms with Crippen molar-refractivity contribution in [3.05, 3.63) is 83.7 Å². The predicted octanol–water partition coefficient (Wildman–Crippen LogP) is 6.40. The first-order chi connectivity index (χ1) is 14.0. The molecule has 1 aromatic heterocycles. The minimum atomic E-state index is -0.444. The van der Waals surface area contributed by atoms with Gasteiger partial charge in [-0.25, -0.2) is 9.37 Å². The van der Waals surface area contributed by atoms with Gasteiger partial charge in [0, 0.05) is 16.8 Å². The number of fused-ring (bicyclic) bond motifs is 1. The van der Waals surface area contributed by atoms with Gasteiger partial charge in [0.15, 0.2) is 5.58 Å². The van der Waals surface area contributed by atoms with Crippen molar-refractivity contribution in [3.63, 3.8) is 0 Å². The molecule has 1 N–H and O–H groups in total. The van der Waals surface area contributed by atoms with Gasteiger partial charge >= 0.3 is 0 Å². The van der Waals surface area contributed by atoms with Crippen LogP contribution in [0, 0.1) is 5.82 Å². The number of halogens is 1. The number of carbonyl (C=O) groups is 1. The van der Waals surface area contributed by atoms with E-state index in [1.165, 1.54) is 23.8 Å². The average molecular weight is 388 g/mol. The molecule has 4 nitrogen and oxygen atoms in total. The van der Waals surface area contributed by atoms with Crippen LogP contribution >= 0.6 is 0 Å². The molecule has 0 aliphatic rings. The number of oxazole rings is 1. The van der Waals surface area contributed by atoms with Gasteiger partial charge in [-0.15, -0.1) is 0 Å². The number of hydrogen-bond acceptors (Lipinski definition) is 3. The zero-order valence-electron chi connectivity index (χ0n) is 16.3. The molecular weight excluding hydrogens is 367 g/mol. The Morgan fingerprint density at radius 1 is 1.10 bits per heavy atom. The molecule has 0 spiro atoms. The summed E-state index contributed by atoms with van der Waals surface area (Å²) in [6.45, 7) is 4.36. The second-order valence-corrected chi connectivity index (χ2v) is 7.10. The smallest absolute Gasteiger partial charge is 0.255 e. The summed E-state index contributed by atoms with van der Waals surface area (Å²) in [6, 6.07) is 18.9. The third-order valence-electron chi connectivity index (χ3n) is 5.07. The van der Waals surface area contributed by atoms with Crippen LogP contribution in [0.1, 0.15) is 42.1 Å². The molecule has 0 aliphatic carbocycles. The molecule has 1 atom stereocenters. The van der Waals surface area contributed by atoms with Crippen molar-refractivity contribution in [2.45, 2.75) is 26.2 Å². The van der Waals surface area contributed by atoms with E-state index in [-0.39, 0.29) is 11.5 Å². The quantitative estimate of drug-likeness (QED) is 0.430. The van der Waals surface area contributed by atoms with Crippen molar-refractivity contribution in [2.75, 3.05) is 5.32 Å². The Kier molecular flexibility index (Phi) is 5.12. The molecule has 1 amide bonds. The lowest BCUT2D eigenvalue weighted by Crippen LogP contribution is -2.11. The third-order valence-corrected chi connectivity index (χ3v) is 5.07. The first-order valence-corrected chi connectivity index (χ1v) is 9.61. The Morgan fingerprint density at radius 3 is 2.62 bits per heavy atom. The molecule has 1 heterocycles. The standard InChI is InChI=1S/C24H21FN2O2/c1-3-15(2)17-9-12-22-21(14-17)27-24(29-22)16-7-10-20(11-8-16)26-23(28)18-5-4-6-19(25)13-18/h4-15H,3H2,1-2H3,(H,26,28). The maximum absolute atomic E-state index is 13.3. The van der Waals surface area contributed by atoms with Crippen LogP contribution in [0.2, 0.25) is 0 Å². The van der Waals surface area contributed by atoms with Crippen LogP contribution in [-0.4, -0.2) is 10.9 Å². The van der Waals surface area contributed by atoms with Crippen molar-refractivity contribution in [2.24, 2.45) is 0 Å². The van der Waals surface area contributed by atoms with Crippen LogP contribution in [0.5, 0.6) is 0 Å². The molecule has 29 heavy (non-hydrogen) atoms. The molecule has 0 aliphatic heterocycles. The number of rotatable bonds is 5. The summed E-state index contributed by atoms with van der Waals surface area (Å²) in [6.07, 6.45) is 1.07. The van der Waals surface area contributed by atoms with Gasteiger partial charge in [-0.1, -0.05) is 26.0 Å². The normalized spacial score (nSPS) is 12.1. The molecule has 1 unspecified atom stereocenters. The first-order valence-electron chi connectivity index (χ1n) is 9.61. The van der Waals surface area contributed by atoms with Crippen LogP contribution in [0.25, 0.3) is 22.6 Å². The minimum Gasteiger partial charge on any atom is -0.436 e. The van der Waals surface area contributed by atoms with Crippen LogP contribution < -0.4 is 5.32 Å². The number of nitrogens with zero attached hydrogens (tertiary/aromatic N) is 1. The predicted molar refractivity (Wildman–Crippen MR) is 113 cm³/mol. The van der Waals surface area contributed by atoms with Gasteiger partial charge in [0.1, 0.15) is 11.3 Å². The van der Waals surface area contributed by atoms with Crippen LogP contribution in [-0.2, 0) is 0 Å². The SMILES string of the molecule is CCC(C)c1ccc2oc(-c3ccc(NC(=O)c4cccc(F)c4)cc3)nc2c1.